The molecule has 0 radical (unpaired) electrons. The van der Waals surface area contributed by atoms with E-state index >= 15 is 0 Å². The predicted octanol–water partition coefficient (Wildman–Crippen LogP) is 5.20. The van der Waals surface area contributed by atoms with Gasteiger partial charge in [-0.2, -0.15) is 13.2 Å². The van der Waals surface area contributed by atoms with Crippen LogP contribution < -0.4 is 15.4 Å². The second kappa shape index (κ2) is 11.3. The summed E-state index contributed by atoms with van der Waals surface area (Å²) in [6.07, 6.45) is -2.07. The zero-order valence-corrected chi connectivity index (χ0v) is 20.5. The highest BCUT2D eigenvalue weighted by Gasteiger charge is 2.33. The molecule has 1 aromatic carbocycles. The molecule has 0 aliphatic carbocycles. The van der Waals surface area contributed by atoms with Gasteiger partial charge in [0, 0.05) is 42.3 Å². The third kappa shape index (κ3) is 6.24. The summed E-state index contributed by atoms with van der Waals surface area (Å²) in [7, 11) is 1.75. The molecule has 0 bridgehead atoms. The van der Waals surface area contributed by atoms with Gasteiger partial charge in [0.2, 0.25) is 5.88 Å². The maximum absolute atomic E-state index is 13.0. The van der Waals surface area contributed by atoms with Gasteiger partial charge in [-0.3, -0.25) is 9.78 Å². The number of ether oxygens (including phenoxy) is 1. The van der Waals surface area contributed by atoms with Crippen molar-refractivity contribution in [1.82, 2.24) is 15.0 Å². The average Bonchev–Trinajstić information content (AvgIpc) is 2.92. The predicted molar refractivity (Wildman–Crippen MR) is 137 cm³/mol. The number of aliphatic hydroxyl groups is 1. The van der Waals surface area contributed by atoms with Crippen molar-refractivity contribution < 1.29 is 27.8 Å². The van der Waals surface area contributed by atoms with Gasteiger partial charge in [0.1, 0.15) is 18.1 Å². The molecule has 0 saturated heterocycles. The number of pyridine rings is 3. The standard InChI is InChI=1S/C27H24F3N5O3/c1-16-3-4-20(34-26(37)18-6-7-32-23(12-18)27(28,29)30)15-21(16)19-11-22(35-25(14-19)38-10-9-36)17-5-8-33-24(13-17)31-2/h3-8,11-15,36H,9-10H2,1-2H3,(H,31,33)(H,34,37). The highest BCUT2D eigenvalue weighted by Crippen LogP contribution is 2.33. The van der Waals surface area contributed by atoms with Crippen LogP contribution in [0, 0.1) is 6.92 Å². The van der Waals surface area contributed by atoms with Crippen molar-refractivity contribution in [2.45, 2.75) is 13.1 Å². The molecule has 0 fully saturated rings. The Morgan fingerprint density at radius 3 is 2.53 bits per heavy atom. The van der Waals surface area contributed by atoms with E-state index in [1.54, 1.807) is 43.6 Å². The lowest BCUT2D eigenvalue weighted by Crippen LogP contribution is -2.15. The number of aliphatic hydroxyl groups excluding tert-OH is 1. The summed E-state index contributed by atoms with van der Waals surface area (Å²) >= 11 is 0. The molecule has 0 atom stereocenters. The van der Waals surface area contributed by atoms with Crippen molar-refractivity contribution in [2.75, 3.05) is 30.9 Å². The topological polar surface area (TPSA) is 109 Å². The number of nitrogens with zero attached hydrogens (tertiary/aromatic N) is 3. The van der Waals surface area contributed by atoms with Gasteiger partial charge >= 0.3 is 6.18 Å². The first-order valence-electron chi connectivity index (χ1n) is 11.5. The van der Waals surface area contributed by atoms with Crippen LogP contribution in [0.2, 0.25) is 0 Å². The maximum atomic E-state index is 13.0. The van der Waals surface area contributed by atoms with E-state index < -0.39 is 17.8 Å². The molecule has 11 heteroatoms. The number of anilines is 2. The smallest absolute Gasteiger partial charge is 0.433 e. The number of carbonyl (C=O) groups is 1. The van der Waals surface area contributed by atoms with E-state index in [0.29, 0.717) is 29.1 Å². The minimum absolute atomic E-state index is 0.0505. The molecule has 0 saturated carbocycles. The van der Waals surface area contributed by atoms with Crippen LogP contribution in [0.15, 0.2) is 67.0 Å². The number of aryl methyl sites for hydroxylation is 1. The minimum Gasteiger partial charge on any atom is -0.475 e. The van der Waals surface area contributed by atoms with E-state index in [-0.39, 0.29) is 18.8 Å². The van der Waals surface area contributed by atoms with E-state index in [0.717, 1.165) is 28.5 Å². The molecule has 38 heavy (non-hydrogen) atoms. The number of alkyl halides is 3. The zero-order valence-electron chi connectivity index (χ0n) is 20.5. The number of halogens is 3. The molecule has 4 aromatic rings. The monoisotopic (exact) mass is 523 g/mol. The second-order valence-electron chi connectivity index (χ2n) is 8.24. The summed E-state index contributed by atoms with van der Waals surface area (Å²) in [5.74, 6) is 0.240. The summed E-state index contributed by atoms with van der Waals surface area (Å²) in [6, 6.07) is 14.3. The average molecular weight is 524 g/mol. The molecule has 4 rings (SSSR count). The van der Waals surface area contributed by atoms with Crippen LogP contribution >= 0.6 is 0 Å². The summed E-state index contributed by atoms with van der Waals surface area (Å²) in [6.45, 7) is 1.75. The van der Waals surface area contributed by atoms with Crippen molar-refractivity contribution in [3.8, 4) is 28.3 Å². The van der Waals surface area contributed by atoms with Crippen LogP contribution in [0.25, 0.3) is 22.4 Å². The number of aromatic nitrogens is 3. The number of carbonyl (C=O) groups excluding carboxylic acids is 1. The minimum atomic E-state index is -4.66. The van der Waals surface area contributed by atoms with Crippen molar-refractivity contribution in [1.29, 1.82) is 0 Å². The normalized spacial score (nSPS) is 11.2. The largest absolute Gasteiger partial charge is 0.475 e. The molecule has 0 aliphatic rings. The van der Waals surface area contributed by atoms with Crippen molar-refractivity contribution >= 4 is 17.4 Å². The number of rotatable bonds is 8. The number of hydrogen-bond donors (Lipinski definition) is 3. The number of benzene rings is 1. The molecule has 3 aromatic heterocycles. The molecule has 1 amide bonds. The van der Waals surface area contributed by atoms with Gasteiger partial charge < -0.3 is 20.5 Å². The second-order valence-corrected chi connectivity index (χ2v) is 8.24. The van der Waals surface area contributed by atoms with Crippen LogP contribution in [-0.2, 0) is 6.18 Å². The highest BCUT2D eigenvalue weighted by atomic mass is 19.4. The number of hydrogen-bond acceptors (Lipinski definition) is 7. The molecular weight excluding hydrogens is 499 g/mol. The third-order valence-electron chi connectivity index (χ3n) is 5.57. The third-order valence-corrected chi connectivity index (χ3v) is 5.57. The molecule has 0 aliphatic heterocycles. The summed E-state index contributed by atoms with van der Waals surface area (Å²) in [5, 5.41) is 14.8. The Morgan fingerprint density at radius 2 is 1.79 bits per heavy atom. The first-order chi connectivity index (χ1) is 18.2. The molecule has 3 heterocycles. The quantitative estimate of drug-likeness (QED) is 0.291. The van der Waals surface area contributed by atoms with Crippen molar-refractivity contribution in [2.24, 2.45) is 0 Å². The SMILES string of the molecule is CNc1cc(-c2cc(-c3cc(NC(=O)c4ccnc(C(F)(F)F)c4)ccc3C)cc(OCCO)n2)ccn1. The fourth-order valence-electron chi connectivity index (χ4n) is 3.70. The van der Waals surface area contributed by atoms with E-state index in [1.165, 1.54) is 6.07 Å². The van der Waals surface area contributed by atoms with Gasteiger partial charge in [0.15, 0.2) is 0 Å². The van der Waals surface area contributed by atoms with Crippen LogP contribution in [0.1, 0.15) is 21.6 Å². The Labute approximate surface area is 216 Å². The summed E-state index contributed by atoms with van der Waals surface area (Å²) < 4.78 is 44.7. The van der Waals surface area contributed by atoms with Crippen molar-refractivity contribution in [3.05, 3.63) is 83.8 Å². The first kappa shape index (κ1) is 26.6. The van der Waals surface area contributed by atoms with Crippen LogP contribution in [0.5, 0.6) is 5.88 Å². The molecule has 196 valence electrons. The highest BCUT2D eigenvalue weighted by molar-refractivity contribution is 6.04. The Balaban J connectivity index is 1.70. The first-order valence-corrected chi connectivity index (χ1v) is 11.5. The van der Waals surface area contributed by atoms with Gasteiger partial charge in [-0.25, -0.2) is 9.97 Å². The fraction of sp³-hybridized carbons (Fsp3) is 0.185. The van der Waals surface area contributed by atoms with Gasteiger partial charge in [-0.15, -0.1) is 0 Å². The molecule has 3 N–H and O–H groups in total. The van der Waals surface area contributed by atoms with Crippen LogP contribution in [0.4, 0.5) is 24.7 Å². The maximum Gasteiger partial charge on any atom is 0.433 e. The van der Waals surface area contributed by atoms with E-state index in [9.17, 15) is 23.1 Å². The summed E-state index contributed by atoms with van der Waals surface area (Å²) in [5.41, 5.74) is 2.79. The van der Waals surface area contributed by atoms with E-state index in [1.807, 2.05) is 19.1 Å². The Bertz CT molecular complexity index is 1460. The van der Waals surface area contributed by atoms with Gasteiger partial charge in [-0.1, -0.05) is 6.07 Å². The lowest BCUT2D eigenvalue weighted by Gasteiger charge is -2.14. The van der Waals surface area contributed by atoms with E-state index in [2.05, 4.69) is 25.6 Å². The van der Waals surface area contributed by atoms with Crippen LogP contribution in [-0.4, -0.2) is 46.2 Å². The number of amides is 1. The molecule has 0 spiro atoms. The van der Waals surface area contributed by atoms with Crippen LogP contribution in [0.3, 0.4) is 0 Å². The molecule has 8 nitrogen and oxygen atoms in total. The molecular formula is C27H24F3N5O3. The Kier molecular flexibility index (Phi) is 7.87. The Morgan fingerprint density at radius 1 is 1.00 bits per heavy atom. The van der Waals surface area contributed by atoms with E-state index in [4.69, 9.17) is 4.74 Å². The van der Waals surface area contributed by atoms with Gasteiger partial charge in [0.25, 0.3) is 5.91 Å². The lowest BCUT2D eigenvalue weighted by atomic mass is 9.98. The van der Waals surface area contributed by atoms with Gasteiger partial charge in [0.05, 0.1) is 12.3 Å². The summed E-state index contributed by atoms with van der Waals surface area (Å²) in [4.78, 5) is 24.8. The van der Waals surface area contributed by atoms with Crippen molar-refractivity contribution in [3.63, 3.8) is 0 Å². The lowest BCUT2D eigenvalue weighted by molar-refractivity contribution is -0.141. The fourth-order valence-corrected chi connectivity index (χ4v) is 3.70. The van der Waals surface area contributed by atoms with Gasteiger partial charge in [-0.05, 0) is 66.1 Å². The zero-order chi connectivity index (χ0) is 27.3. The molecule has 0 unspecified atom stereocenters. The number of nitrogens with one attached hydrogen (secondary N) is 2. The Hall–Kier alpha value is -4.51.